The Labute approximate surface area is 198 Å². The van der Waals surface area contributed by atoms with Gasteiger partial charge in [0.05, 0.1) is 20.8 Å². The van der Waals surface area contributed by atoms with Gasteiger partial charge in [0, 0.05) is 23.6 Å². The van der Waals surface area contributed by atoms with Crippen molar-refractivity contribution in [3.63, 3.8) is 0 Å². The van der Waals surface area contributed by atoms with E-state index in [0.717, 1.165) is 14.7 Å². The van der Waals surface area contributed by atoms with E-state index >= 15 is 0 Å². The van der Waals surface area contributed by atoms with Gasteiger partial charge >= 0.3 is 0 Å². The van der Waals surface area contributed by atoms with Crippen LogP contribution in [-0.4, -0.2) is 25.9 Å². The van der Waals surface area contributed by atoms with Crippen molar-refractivity contribution >= 4 is 59.1 Å². The first kappa shape index (κ1) is 22.4. The highest BCUT2D eigenvalue weighted by molar-refractivity contribution is 9.10. The van der Waals surface area contributed by atoms with Gasteiger partial charge in [-0.15, -0.1) is 0 Å². The van der Waals surface area contributed by atoms with Gasteiger partial charge in [0.15, 0.2) is 4.80 Å². The largest absolute Gasteiger partial charge is 0.317 e. The quantitative estimate of drug-likeness (QED) is 0.363. The third-order valence-corrected chi connectivity index (χ3v) is 8.37. The zero-order valence-corrected chi connectivity index (χ0v) is 20.6. The number of anilines is 1. The summed E-state index contributed by atoms with van der Waals surface area (Å²) in [5.74, 6) is -0.418. The monoisotopic (exact) mass is 529 g/mol. The average Bonchev–Trinajstić information content (AvgIpc) is 3.14. The van der Waals surface area contributed by atoms with Crippen LogP contribution >= 0.6 is 27.3 Å². The summed E-state index contributed by atoms with van der Waals surface area (Å²) in [5.41, 5.74) is 1.90. The second kappa shape index (κ2) is 9.01. The Morgan fingerprint density at radius 1 is 1.06 bits per heavy atom. The second-order valence-electron chi connectivity index (χ2n) is 6.99. The second-order valence-corrected chi connectivity index (χ2v) is 10.9. The van der Waals surface area contributed by atoms with E-state index in [1.54, 1.807) is 24.3 Å². The van der Waals surface area contributed by atoms with E-state index in [0.29, 0.717) is 22.6 Å². The summed E-state index contributed by atoms with van der Waals surface area (Å²) < 4.78 is 31.0. The lowest BCUT2D eigenvalue weighted by atomic mass is 10.2. The Morgan fingerprint density at radius 2 is 1.75 bits per heavy atom. The topological polar surface area (TPSA) is 71.7 Å². The van der Waals surface area contributed by atoms with E-state index in [1.165, 1.54) is 47.0 Å². The van der Waals surface area contributed by atoms with Crippen LogP contribution in [-0.2, 0) is 16.6 Å². The van der Waals surface area contributed by atoms with E-state index in [4.69, 9.17) is 0 Å². The molecule has 4 rings (SSSR count). The summed E-state index contributed by atoms with van der Waals surface area (Å²) >= 11 is 4.91. The molecule has 0 aliphatic heterocycles. The van der Waals surface area contributed by atoms with Gasteiger partial charge in [0.1, 0.15) is 0 Å². The summed E-state index contributed by atoms with van der Waals surface area (Å²) in [6.45, 7) is 2.68. The molecule has 32 heavy (non-hydrogen) atoms. The standard InChI is InChI=1S/C23H20BrN3O3S2/c1-3-27-20-14-11-17(24)15-21(20)31-23(27)25-22(28)16-9-12-19(13-10-16)32(29,30)26(2)18-7-5-4-6-8-18/h4-15H,3H2,1-2H3. The van der Waals surface area contributed by atoms with Gasteiger partial charge in [-0.05, 0) is 61.5 Å². The highest BCUT2D eigenvalue weighted by atomic mass is 79.9. The van der Waals surface area contributed by atoms with Gasteiger partial charge in [-0.25, -0.2) is 8.42 Å². The SMILES string of the molecule is CCn1c(=NC(=O)c2ccc(S(=O)(=O)N(C)c3ccccc3)cc2)sc2cc(Br)ccc21. The number of nitrogens with zero attached hydrogens (tertiary/aromatic N) is 3. The van der Waals surface area contributed by atoms with Gasteiger partial charge in [0.2, 0.25) is 0 Å². The molecule has 4 aromatic rings. The number of hydrogen-bond donors (Lipinski definition) is 0. The highest BCUT2D eigenvalue weighted by Gasteiger charge is 2.21. The fraction of sp³-hybridized carbons (Fsp3) is 0.130. The van der Waals surface area contributed by atoms with Crippen LogP contribution in [0.15, 0.2) is 87.2 Å². The van der Waals surface area contributed by atoms with Gasteiger partial charge in [-0.3, -0.25) is 9.10 Å². The van der Waals surface area contributed by atoms with Gasteiger partial charge in [0.25, 0.3) is 15.9 Å². The molecular formula is C23H20BrN3O3S2. The van der Waals surface area contributed by atoms with E-state index in [2.05, 4.69) is 20.9 Å². The fourth-order valence-electron chi connectivity index (χ4n) is 3.29. The van der Waals surface area contributed by atoms with Crippen molar-refractivity contribution in [2.45, 2.75) is 18.4 Å². The first-order valence-corrected chi connectivity index (χ1v) is 12.9. The number of carbonyl (C=O) groups excluding carboxylic acids is 1. The van der Waals surface area contributed by atoms with Crippen molar-refractivity contribution in [1.82, 2.24) is 4.57 Å². The maximum absolute atomic E-state index is 12.9. The minimum absolute atomic E-state index is 0.107. The molecule has 9 heteroatoms. The lowest BCUT2D eigenvalue weighted by molar-refractivity contribution is 0.0997. The molecule has 164 valence electrons. The van der Waals surface area contributed by atoms with Crippen LogP contribution in [0.1, 0.15) is 17.3 Å². The predicted molar refractivity (Wildman–Crippen MR) is 132 cm³/mol. The summed E-state index contributed by atoms with van der Waals surface area (Å²) in [5, 5.41) is 0. The molecule has 6 nitrogen and oxygen atoms in total. The van der Waals surface area contributed by atoms with Gasteiger partial charge < -0.3 is 4.57 Å². The Hall–Kier alpha value is -2.75. The molecular weight excluding hydrogens is 510 g/mol. The van der Waals surface area contributed by atoms with Crippen molar-refractivity contribution in [1.29, 1.82) is 0 Å². The number of aryl methyl sites for hydroxylation is 1. The van der Waals surface area contributed by atoms with Crippen molar-refractivity contribution in [2.24, 2.45) is 4.99 Å². The lowest BCUT2D eigenvalue weighted by Gasteiger charge is -2.19. The molecule has 0 aliphatic rings. The third-order valence-electron chi connectivity index (χ3n) is 5.04. The minimum Gasteiger partial charge on any atom is -0.317 e. The molecule has 0 fully saturated rings. The maximum Gasteiger partial charge on any atom is 0.279 e. The molecule has 0 atom stereocenters. The number of carbonyl (C=O) groups is 1. The van der Waals surface area contributed by atoms with Crippen molar-refractivity contribution in [3.05, 3.63) is 87.6 Å². The molecule has 0 saturated carbocycles. The number of thiazole rings is 1. The Bertz CT molecular complexity index is 1460. The minimum atomic E-state index is -3.74. The fourth-order valence-corrected chi connectivity index (χ4v) is 6.13. The molecule has 0 radical (unpaired) electrons. The van der Waals surface area contributed by atoms with Crippen LogP contribution in [0, 0.1) is 0 Å². The van der Waals surface area contributed by atoms with Crippen molar-refractivity contribution in [2.75, 3.05) is 11.4 Å². The number of fused-ring (bicyclic) bond motifs is 1. The van der Waals surface area contributed by atoms with E-state index in [1.807, 2.05) is 35.8 Å². The Balaban J connectivity index is 1.65. The van der Waals surface area contributed by atoms with Gasteiger partial charge in [-0.1, -0.05) is 45.5 Å². The Morgan fingerprint density at radius 3 is 2.41 bits per heavy atom. The van der Waals surface area contributed by atoms with Crippen LogP contribution in [0.5, 0.6) is 0 Å². The van der Waals surface area contributed by atoms with E-state index < -0.39 is 15.9 Å². The van der Waals surface area contributed by atoms with Crippen LogP contribution in [0.25, 0.3) is 10.2 Å². The third kappa shape index (κ3) is 4.28. The molecule has 1 aromatic heterocycles. The maximum atomic E-state index is 12.9. The number of rotatable bonds is 5. The number of amides is 1. The molecule has 0 bridgehead atoms. The summed E-state index contributed by atoms with van der Waals surface area (Å²) in [6.07, 6.45) is 0. The number of halogens is 1. The summed E-state index contributed by atoms with van der Waals surface area (Å²) in [7, 11) is -2.24. The zero-order valence-electron chi connectivity index (χ0n) is 17.4. The molecule has 3 aromatic carbocycles. The van der Waals surface area contributed by atoms with Crippen LogP contribution in [0.4, 0.5) is 5.69 Å². The molecule has 0 aliphatic carbocycles. The van der Waals surface area contributed by atoms with Crippen LogP contribution in [0.3, 0.4) is 0 Å². The zero-order chi connectivity index (χ0) is 22.9. The van der Waals surface area contributed by atoms with Crippen LogP contribution < -0.4 is 9.11 Å². The first-order valence-electron chi connectivity index (χ1n) is 9.83. The number of para-hydroxylation sites is 1. The van der Waals surface area contributed by atoms with Crippen LogP contribution in [0.2, 0.25) is 0 Å². The van der Waals surface area contributed by atoms with Crippen molar-refractivity contribution < 1.29 is 13.2 Å². The number of aromatic nitrogens is 1. The number of sulfonamides is 1. The molecule has 1 heterocycles. The molecule has 0 saturated heterocycles. The molecule has 1 amide bonds. The summed E-state index contributed by atoms with van der Waals surface area (Å²) in [6, 6.07) is 20.6. The molecule has 0 unspecified atom stereocenters. The highest BCUT2D eigenvalue weighted by Crippen LogP contribution is 2.23. The predicted octanol–water partition coefficient (Wildman–Crippen LogP) is 5.05. The molecule has 0 spiro atoms. The summed E-state index contributed by atoms with van der Waals surface area (Å²) in [4.78, 5) is 17.8. The van der Waals surface area contributed by atoms with E-state index in [-0.39, 0.29) is 4.90 Å². The first-order chi connectivity index (χ1) is 15.3. The number of hydrogen-bond acceptors (Lipinski definition) is 4. The smallest absolute Gasteiger partial charge is 0.279 e. The lowest BCUT2D eigenvalue weighted by Crippen LogP contribution is -2.26. The normalized spacial score (nSPS) is 12.3. The van der Waals surface area contributed by atoms with Crippen molar-refractivity contribution in [3.8, 4) is 0 Å². The Kier molecular flexibility index (Phi) is 6.32. The molecule has 0 N–H and O–H groups in total. The van der Waals surface area contributed by atoms with Gasteiger partial charge in [-0.2, -0.15) is 4.99 Å². The van der Waals surface area contributed by atoms with E-state index in [9.17, 15) is 13.2 Å². The number of benzene rings is 3. The average molecular weight is 530 g/mol.